The summed E-state index contributed by atoms with van der Waals surface area (Å²) in [5, 5.41) is 6.02. The van der Waals surface area contributed by atoms with Gasteiger partial charge in [0.2, 0.25) is 5.91 Å². The zero-order valence-electron chi connectivity index (χ0n) is 12.8. The number of amides is 1. The molecule has 1 aliphatic rings. The van der Waals surface area contributed by atoms with Crippen molar-refractivity contribution >= 4 is 22.9 Å². The molecule has 0 fully saturated rings. The maximum absolute atomic E-state index is 12.7. The zero-order valence-corrected chi connectivity index (χ0v) is 13.7. The van der Waals surface area contributed by atoms with Crippen LogP contribution in [-0.4, -0.2) is 22.2 Å². The lowest BCUT2D eigenvalue weighted by Gasteiger charge is -2.29. The van der Waals surface area contributed by atoms with Crippen LogP contribution in [0.25, 0.3) is 10.8 Å². The summed E-state index contributed by atoms with van der Waals surface area (Å²) in [5.74, 6) is -0.519. The average molecular weight is 341 g/mol. The predicted molar refractivity (Wildman–Crippen MR) is 91.2 cm³/mol. The molecular formula is C17H15N3O3S. The van der Waals surface area contributed by atoms with Gasteiger partial charge in [0.05, 0.1) is 4.88 Å². The maximum atomic E-state index is 12.7. The molecule has 0 saturated heterocycles. The van der Waals surface area contributed by atoms with Crippen molar-refractivity contribution in [1.82, 2.24) is 9.78 Å². The molecule has 0 radical (unpaired) electrons. The number of thiophene rings is 1. The van der Waals surface area contributed by atoms with Crippen LogP contribution in [0.3, 0.4) is 0 Å². The molecular weight excluding hydrogens is 326 g/mol. The molecule has 0 aliphatic carbocycles. The Labute approximate surface area is 141 Å². The molecule has 0 spiro atoms. The Kier molecular flexibility index (Phi) is 3.78. The predicted octanol–water partition coefficient (Wildman–Crippen LogP) is 2.54. The lowest BCUT2D eigenvalue weighted by Crippen LogP contribution is -2.39. The van der Waals surface area contributed by atoms with Gasteiger partial charge in [-0.1, -0.05) is 24.3 Å². The maximum Gasteiger partial charge on any atom is 0.437 e. The number of carbonyl (C=O) groups is 1. The quantitative estimate of drug-likeness (QED) is 0.734. The number of hydrogen-bond acceptors (Lipinski definition) is 5. The summed E-state index contributed by atoms with van der Waals surface area (Å²) in [4.78, 5) is 27.1. The molecule has 0 saturated carbocycles. The minimum atomic E-state index is -0.614. The first-order chi connectivity index (χ1) is 11.7. The molecule has 4 rings (SSSR count). The van der Waals surface area contributed by atoms with Gasteiger partial charge >= 0.3 is 5.76 Å². The second-order valence-electron chi connectivity index (χ2n) is 5.59. The van der Waals surface area contributed by atoms with Crippen molar-refractivity contribution in [2.45, 2.75) is 19.4 Å². The molecule has 0 bridgehead atoms. The van der Waals surface area contributed by atoms with E-state index in [4.69, 9.17) is 4.42 Å². The zero-order chi connectivity index (χ0) is 16.5. The normalized spacial score (nSPS) is 13.8. The van der Waals surface area contributed by atoms with E-state index in [1.165, 1.54) is 11.3 Å². The molecule has 0 atom stereocenters. The van der Waals surface area contributed by atoms with Crippen molar-refractivity contribution < 1.29 is 9.21 Å². The van der Waals surface area contributed by atoms with Crippen molar-refractivity contribution in [1.29, 1.82) is 0 Å². The van der Waals surface area contributed by atoms with E-state index in [2.05, 4.69) is 5.10 Å². The van der Waals surface area contributed by atoms with E-state index in [1.807, 2.05) is 41.8 Å². The van der Waals surface area contributed by atoms with Gasteiger partial charge < -0.3 is 9.32 Å². The highest BCUT2D eigenvalue weighted by molar-refractivity contribution is 7.13. The molecule has 0 unspecified atom stereocenters. The second kappa shape index (κ2) is 6.09. The lowest BCUT2D eigenvalue weighted by atomic mass is 10.0. The number of benzene rings is 1. The third-order valence-electron chi connectivity index (χ3n) is 4.03. The fourth-order valence-corrected chi connectivity index (χ4v) is 3.56. The van der Waals surface area contributed by atoms with Crippen LogP contribution in [0.1, 0.15) is 12.0 Å². The Bertz CT molecular complexity index is 927. The van der Waals surface area contributed by atoms with Gasteiger partial charge in [0.1, 0.15) is 6.54 Å². The highest BCUT2D eigenvalue weighted by Gasteiger charge is 2.24. The molecule has 24 heavy (non-hydrogen) atoms. The Morgan fingerprint density at radius 2 is 2.12 bits per heavy atom. The highest BCUT2D eigenvalue weighted by Crippen LogP contribution is 2.27. The van der Waals surface area contributed by atoms with Crippen molar-refractivity contribution in [2.75, 3.05) is 11.4 Å². The van der Waals surface area contributed by atoms with Gasteiger partial charge in [-0.2, -0.15) is 4.68 Å². The molecule has 122 valence electrons. The monoisotopic (exact) mass is 341 g/mol. The summed E-state index contributed by atoms with van der Waals surface area (Å²) in [6, 6.07) is 11.5. The van der Waals surface area contributed by atoms with Crippen LogP contribution >= 0.6 is 11.3 Å². The number of aromatic nitrogens is 2. The topological polar surface area (TPSA) is 68.3 Å². The Balaban J connectivity index is 1.58. The van der Waals surface area contributed by atoms with Crippen LogP contribution < -0.4 is 10.7 Å². The van der Waals surface area contributed by atoms with Gasteiger partial charge in [-0.25, -0.2) is 4.79 Å². The fraction of sp³-hybridized carbons (Fsp3) is 0.235. The number of aryl methyl sites for hydroxylation is 1. The smallest absolute Gasteiger partial charge is 0.387 e. The van der Waals surface area contributed by atoms with Gasteiger partial charge in [-0.3, -0.25) is 4.79 Å². The number of anilines is 1. The van der Waals surface area contributed by atoms with Crippen LogP contribution in [-0.2, 0) is 17.8 Å². The summed E-state index contributed by atoms with van der Waals surface area (Å²) >= 11 is 1.43. The van der Waals surface area contributed by atoms with Crippen LogP contribution in [0.4, 0.5) is 5.69 Å². The summed E-state index contributed by atoms with van der Waals surface area (Å²) in [5.41, 5.74) is 2.08. The lowest BCUT2D eigenvalue weighted by molar-refractivity contribution is -0.119. The van der Waals surface area contributed by atoms with E-state index < -0.39 is 5.76 Å². The SMILES string of the molecule is O=C(Cn1nc(-c2cccs2)oc1=O)N1CCCc2ccccc21. The standard InChI is InChI=1S/C17H15N3O3S/c21-15(19-9-3-6-12-5-1-2-7-13(12)19)11-20-17(22)23-16(18-20)14-8-4-10-24-14/h1-2,4-5,7-8,10H,3,6,9,11H2. The number of carbonyl (C=O) groups excluding carboxylic acids is 1. The third-order valence-corrected chi connectivity index (χ3v) is 4.89. The van der Waals surface area contributed by atoms with Crippen molar-refractivity contribution in [3.05, 3.63) is 57.9 Å². The molecule has 1 aromatic carbocycles. The van der Waals surface area contributed by atoms with Gasteiger partial charge in [0.25, 0.3) is 5.89 Å². The number of hydrogen-bond donors (Lipinski definition) is 0. The Hall–Kier alpha value is -2.67. The van der Waals surface area contributed by atoms with Crippen LogP contribution in [0.15, 0.2) is 51.0 Å². The molecule has 6 nitrogen and oxygen atoms in total. The van der Waals surface area contributed by atoms with Gasteiger partial charge in [0.15, 0.2) is 0 Å². The van der Waals surface area contributed by atoms with Crippen molar-refractivity contribution in [2.24, 2.45) is 0 Å². The van der Waals surface area contributed by atoms with Gasteiger partial charge in [-0.05, 0) is 35.9 Å². The van der Waals surface area contributed by atoms with E-state index in [9.17, 15) is 9.59 Å². The first-order valence-electron chi connectivity index (χ1n) is 7.72. The van der Waals surface area contributed by atoms with Crippen LogP contribution in [0, 0.1) is 0 Å². The average Bonchev–Trinajstić information content (AvgIpc) is 3.25. The van der Waals surface area contributed by atoms with Gasteiger partial charge in [-0.15, -0.1) is 16.4 Å². The van der Waals surface area contributed by atoms with Crippen molar-refractivity contribution in [3.63, 3.8) is 0 Å². The first kappa shape index (κ1) is 14.9. The van der Waals surface area contributed by atoms with Crippen molar-refractivity contribution in [3.8, 4) is 10.8 Å². The third kappa shape index (κ3) is 2.67. The largest absolute Gasteiger partial charge is 0.437 e. The number of fused-ring (bicyclic) bond motifs is 1. The number of nitrogens with zero attached hydrogens (tertiary/aromatic N) is 3. The summed E-state index contributed by atoms with van der Waals surface area (Å²) in [6.45, 7) is 0.530. The van der Waals surface area contributed by atoms with Crippen LogP contribution in [0.5, 0.6) is 0 Å². The molecule has 3 heterocycles. The fourth-order valence-electron chi connectivity index (χ4n) is 2.91. The molecule has 2 aromatic heterocycles. The second-order valence-corrected chi connectivity index (χ2v) is 6.53. The van der Waals surface area contributed by atoms with Crippen LogP contribution in [0.2, 0.25) is 0 Å². The van der Waals surface area contributed by atoms with E-state index in [1.54, 1.807) is 4.90 Å². The number of para-hydroxylation sites is 1. The van der Waals surface area contributed by atoms with E-state index >= 15 is 0 Å². The molecule has 3 aromatic rings. The Morgan fingerprint density at radius 1 is 1.25 bits per heavy atom. The molecule has 7 heteroatoms. The first-order valence-corrected chi connectivity index (χ1v) is 8.60. The Morgan fingerprint density at radius 3 is 2.96 bits per heavy atom. The molecule has 1 aliphatic heterocycles. The number of rotatable bonds is 3. The summed E-state index contributed by atoms with van der Waals surface area (Å²) < 4.78 is 6.24. The van der Waals surface area contributed by atoms with Gasteiger partial charge in [0, 0.05) is 12.2 Å². The highest BCUT2D eigenvalue weighted by atomic mass is 32.1. The van der Waals surface area contributed by atoms with E-state index in [0.717, 1.165) is 33.7 Å². The molecule has 1 amide bonds. The molecule has 0 N–H and O–H groups in total. The minimum absolute atomic E-state index is 0.123. The summed E-state index contributed by atoms with van der Waals surface area (Å²) in [7, 11) is 0. The van der Waals surface area contributed by atoms with E-state index in [-0.39, 0.29) is 18.3 Å². The minimum Gasteiger partial charge on any atom is -0.387 e. The van der Waals surface area contributed by atoms with E-state index in [0.29, 0.717) is 6.54 Å². The summed E-state index contributed by atoms with van der Waals surface area (Å²) in [6.07, 6.45) is 1.88.